The number of H-pyrrole nitrogens is 1. The van der Waals surface area contributed by atoms with Gasteiger partial charge in [-0.05, 0) is 35.7 Å². The van der Waals surface area contributed by atoms with Gasteiger partial charge >= 0.3 is 0 Å². The minimum absolute atomic E-state index is 0.0251. The lowest BCUT2D eigenvalue weighted by atomic mass is 9.88. The van der Waals surface area contributed by atoms with Gasteiger partial charge in [0.2, 0.25) is 5.91 Å². The molecule has 1 aromatic heterocycles. The van der Waals surface area contributed by atoms with E-state index in [0.29, 0.717) is 6.42 Å². The van der Waals surface area contributed by atoms with Crippen molar-refractivity contribution in [3.05, 3.63) is 65.9 Å². The summed E-state index contributed by atoms with van der Waals surface area (Å²) in [4.78, 5) is 15.9. The van der Waals surface area contributed by atoms with Crippen LogP contribution in [0.2, 0.25) is 0 Å². The van der Waals surface area contributed by atoms with Crippen LogP contribution in [0.5, 0.6) is 5.75 Å². The number of carbonyl (C=O) groups is 1. The summed E-state index contributed by atoms with van der Waals surface area (Å²) in [6.07, 6.45) is 4.51. The van der Waals surface area contributed by atoms with E-state index < -0.39 is 0 Å². The fourth-order valence-electron chi connectivity index (χ4n) is 3.31. The number of fused-ring (bicyclic) bond motifs is 1. The Morgan fingerprint density at radius 1 is 1.19 bits per heavy atom. The summed E-state index contributed by atoms with van der Waals surface area (Å²) in [6.45, 7) is 2.85. The second kappa shape index (κ2) is 8.56. The molecule has 0 aliphatic heterocycles. The lowest BCUT2D eigenvalue weighted by molar-refractivity contribution is -0.121. The summed E-state index contributed by atoms with van der Waals surface area (Å²) >= 11 is 0. The number of unbranched alkanes of at least 4 members (excludes halogenated alkanes) is 1. The number of nitrogens with one attached hydrogen (secondary N) is 2. The predicted octanol–water partition coefficient (Wildman–Crippen LogP) is 4.61. The first-order valence-electron chi connectivity index (χ1n) is 9.19. The third kappa shape index (κ3) is 4.07. The van der Waals surface area contributed by atoms with Crippen LogP contribution in [0.25, 0.3) is 10.9 Å². The molecule has 4 heteroatoms. The van der Waals surface area contributed by atoms with E-state index >= 15 is 0 Å². The number of carbonyl (C=O) groups excluding carboxylic acids is 1. The maximum Gasteiger partial charge on any atom is 0.220 e. The average molecular weight is 350 g/mol. The largest absolute Gasteiger partial charge is 0.497 e. The number of aromatic nitrogens is 1. The molecular weight excluding hydrogens is 324 g/mol. The fourth-order valence-corrected chi connectivity index (χ4v) is 3.31. The summed E-state index contributed by atoms with van der Waals surface area (Å²) in [6, 6.07) is 16.2. The number of hydrogen-bond acceptors (Lipinski definition) is 2. The van der Waals surface area contributed by atoms with E-state index in [-0.39, 0.29) is 11.8 Å². The van der Waals surface area contributed by atoms with Gasteiger partial charge in [-0.1, -0.05) is 43.7 Å². The monoisotopic (exact) mass is 350 g/mol. The van der Waals surface area contributed by atoms with Crippen LogP contribution in [0.15, 0.2) is 54.7 Å². The van der Waals surface area contributed by atoms with Crippen molar-refractivity contribution in [3.63, 3.8) is 0 Å². The highest BCUT2D eigenvalue weighted by Crippen LogP contribution is 2.34. The van der Waals surface area contributed by atoms with Crippen LogP contribution >= 0.6 is 0 Å². The van der Waals surface area contributed by atoms with Gasteiger partial charge in [-0.2, -0.15) is 0 Å². The van der Waals surface area contributed by atoms with Crippen LogP contribution in [0.4, 0.5) is 0 Å². The van der Waals surface area contributed by atoms with Crippen LogP contribution in [0.1, 0.15) is 43.2 Å². The van der Waals surface area contributed by atoms with Gasteiger partial charge in [0.05, 0.1) is 7.11 Å². The molecule has 136 valence electrons. The molecule has 0 radical (unpaired) electrons. The van der Waals surface area contributed by atoms with Gasteiger partial charge < -0.3 is 15.0 Å². The Labute approximate surface area is 154 Å². The molecule has 1 amide bonds. The van der Waals surface area contributed by atoms with Gasteiger partial charge in [0, 0.05) is 36.0 Å². The number of para-hydroxylation sites is 1. The minimum Gasteiger partial charge on any atom is -0.497 e. The van der Waals surface area contributed by atoms with Crippen LogP contribution in [-0.2, 0) is 4.79 Å². The zero-order valence-electron chi connectivity index (χ0n) is 15.4. The molecule has 1 heterocycles. The van der Waals surface area contributed by atoms with E-state index in [4.69, 9.17) is 4.74 Å². The minimum atomic E-state index is -0.0251. The lowest BCUT2D eigenvalue weighted by Gasteiger charge is -2.18. The second-order valence-electron chi connectivity index (χ2n) is 6.53. The Morgan fingerprint density at radius 3 is 2.85 bits per heavy atom. The van der Waals surface area contributed by atoms with Crippen molar-refractivity contribution in [1.29, 1.82) is 0 Å². The van der Waals surface area contributed by atoms with E-state index in [2.05, 4.69) is 35.4 Å². The number of amides is 1. The highest BCUT2D eigenvalue weighted by Gasteiger charge is 2.21. The normalized spacial score (nSPS) is 12.1. The molecule has 2 aromatic carbocycles. The second-order valence-corrected chi connectivity index (χ2v) is 6.53. The van der Waals surface area contributed by atoms with Gasteiger partial charge in [0.15, 0.2) is 0 Å². The molecule has 0 saturated heterocycles. The van der Waals surface area contributed by atoms with Gasteiger partial charge in [-0.15, -0.1) is 0 Å². The molecule has 3 rings (SSSR count). The molecule has 1 atom stereocenters. The zero-order valence-corrected chi connectivity index (χ0v) is 15.4. The first kappa shape index (κ1) is 18.1. The van der Waals surface area contributed by atoms with Crippen molar-refractivity contribution in [2.75, 3.05) is 13.7 Å². The standard InChI is InChI=1S/C22H26N2O2/c1-3-4-12-23-22(25)14-19(16-8-7-9-17(13-16)26-2)20-15-24-21-11-6-5-10-18(20)21/h5-11,13,15,19,24H,3-4,12,14H2,1-2H3,(H,23,25)/t19-/m0/s1. The smallest absolute Gasteiger partial charge is 0.220 e. The average Bonchev–Trinajstić information content (AvgIpc) is 3.10. The van der Waals surface area contributed by atoms with E-state index in [0.717, 1.165) is 47.2 Å². The number of hydrogen-bond donors (Lipinski definition) is 2. The molecule has 0 fully saturated rings. The predicted molar refractivity (Wildman–Crippen MR) is 106 cm³/mol. The Hall–Kier alpha value is -2.75. The summed E-state index contributed by atoms with van der Waals surface area (Å²) in [5.41, 5.74) is 3.31. The Morgan fingerprint density at radius 2 is 2.04 bits per heavy atom. The summed E-state index contributed by atoms with van der Waals surface area (Å²) in [5.74, 6) is 0.859. The lowest BCUT2D eigenvalue weighted by Crippen LogP contribution is -2.26. The van der Waals surface area contributed by atoms with Crippen LogP contribution in [0, 0.1) is 0 Å². The maximum atomic E-state index is 12.5. The molecule has 0 saturated carbocycles. The first-order chi connectivity index (χ1) is 12.7. The van der Waals surface area contributed by atoms with E-state index in [1.165, 1.54) is 0 Å². The Balaban J connectivity index is 1.94. The van der Waals surface area contributed by atoms with Crippen molar-refractivity contribution in [2.24, 2.45) is 0 Å². The Kier molecular flexibility index (Phi) is 5.95. The van der Waals surface area contributed by atoms with Crippen LogP contribution in [0.3, 0.4) is 0 Å². The van der Waals surface area contributed by atoms with E-state index in [1.807, 2.05) is 36.5 Å². The summed E-state index contributed by atoms with van der Waals surface area (Å²) < 4.78 is 5.39. The number of benzene rings is 2. The number of ether oxygens (including phenoxy) is 1. The molecule has 0 bridgehead atoms. The SMILES string of the molecule is CCCCNC(=O)C[C@@H](c1cccc(OC)c1)c1c[nH]c2ccccc12. The van der Waals surface area contributed by atoms with Gasteiger partial charge in [-0.3, -0.25) is 4.79 Å². The third-order valence-corrected chi connectivity index (χ3v) is 4.73. The summed E-state index contributed by atoms with van der Waals surface area (Å²) in [5, 5.41) is 4.20. The molecule has 0 aliphatic rings. The molecule has 0 unspecified atom stereocenters. The third-order valence-electron chi connectivity index (χ3n) is 4.73. The number of aromatic amines is 1. The van der Waals surface area contributed by atoms with Crippen molar-refractivity contribution < 1.29 is 9.53 Å². The molecule has 0 aliphatic carbocycles. The van der Waals surface area contributed by atoms with Crippen molar-refractivity contribution in [1.82, 2.24) is 10.3 Å². The molecule has 4 nitrogen and oxygen atoms in total. The van der Waals surface area contributed by atoms with Crippen LogP contribution in [-0.4, -0.2) is 24.5 Å². The topological polar surface area (TPSA) is 54.1 Å². The number of methoxy groups -OCH3 is 1. The van der Waals surface area contributed by atoms with Gasteiger partial charge in [-0.25, -0.2) is 0 Å². The maximum absolute atomic E-state index is 12.5. The highest BCUT2D eigenvalue weighted by atomic mass is 16.5. The van der Waals surface area contributed by atoms with Crippen LogP contribution < -0.4 is 10.1 Å². The fraction of sp³-hybridized carbons (Fsp3) is 0.318. The van der Waals surface area contributed by atoms with Gasteiger partial charge in [0.1, 0.15) is 5.75 Å². The van der Waals surface area contributed by atoms with Crippen molar-refractivity contribution in [3.8, 4) is 5.75 Å². The van der Waals surface area contributed by atoms with Crippen molar-refractivity contribution >= 4 is 16.8 Å². The molecule has 3 aromatic rings. The Bertz CT molecular complexity index is 869. The molecule has 0 spiro atoms. The van der Waals surface area contributed by atoms with Gasteiger partial charge in [0.25, 0.3) is 0 Å². The highest BCUT2D eigenvalue weighted by molar-refractivity contribution is 5.86. The molecular formula is C22H26N2O2. The summed E-state index contributed by atoms with van der Waals surface area (Å²) in [7, 11) is 1.66. The van der Waals surface area contributed by atoms with E-state index in [9.17, 15) is 4.79 Å². The zero-order chi connectivity index (χ0) is 18.4. The van der Waals surface area contributed by atoms with E-state index in [1.54, 1.807) is 7.11 Å². The van der Waals surface area contributed by atoms with Crippen molar-refractivity contribution in [2.45, 2.75) is 32.1 Å². The quantitative estimate of drug-likeness (QED) is 0.583. The molecule has 2 N–H and O–H groups in total. The first-order valence-corrected chi connectivity index (χ1v) is 9.19. The molecule has 26 heavy (non-hydrogen) atoms. The number of rotatable bonds is 8.